The van der Waals surface area contributed by atoms with E-state index in [1.807, 2.05) is 11.0 Å². The molecule has 0 aliphatic carbocycles. The van der Waals surface area contributed by atoms with Gasteiger partial charge in [0.1, 0.15) is 5.82 Å². The van der Waals surface area contributed by atoms with Gasteiger partial charge in [0.05, 0.1) is 5.56 Å². The molecule has 0 bridgehead atoms. The predicted molar refractivity (Wildman–Crippen MR) is 160 cm³/mol. The molecule has 0 radical (unpaired) electrons. The number of hydrogen-bond acceptors (Lipinski definition) is 6. The number of carbonyl (C=O) groups excluding carboxylic acids is 1. The first-order valence-corrected chi connectivity index (χ1v) is 14.1. The maximum Gasteiger partial charge on any atom is 0.416 e. The van der Waals surface area contributed by atoms with Crippen molar-refractivity contribution in [2.24, 2.45) is 0 Å². The molecule has 5 rings (SSSR count). The van der Waals surface area contributed by atoms with E-state index in [-0.39, 0.29) is 29.5 Å². The Bertz CT molecular complexity index is 1660. The van der Waals surface area contributed by atoms with E-state index < -0.39 is 17.8 Å². The molecular weight excluding hydrogens is 557 g/mol. The summed E-state index contributed by atoms with van der Waals surface area (Å²) in [7, 11) is 0. The number of rotatable bonds is 6. The van der Waals surface area contributed by atoms with Crippen molar-refractivity contribution in [1.82, 2.24) is 30.0 Å². The number of likely N-dealkylation sites (N-methyl/N-ethyl adjacent to an activating group) is 1. The van der Waals surface area contributed by atoms with Crippen molar-refractivity contribution in [3.05, 3.63) is 76.7 Å². The molecule has 1 fully saturated rings. The summed E-state index contributed by atoms with van der Waals surface area (Å²) in [6.45, 7) is 10.4. The monoisotopic (exact) mass is 590 g/mol. The number of anilines is 2. The lowest BCUT2D eigenvalue weighted by Crippen LogP contribution is -2.45. The van der Waals surface area contributed by atoms with E-state index in [2.05, 4.69) is 68.3 Å². The number of aromatic amines is 1. The van der Waals surface area contributed by atoms with Gasteiger partial charge in [-0.1, -0.05) is 38.7 Å². The number of alkyl halides is 3. The molecule has 0 spiro atoms. The number of urea groups is 1. The third kappa shape index (κ3) is 7.49. The van der Waals surface area contributed by atoms with Gasteiger partial charge < -0.3 is 10.2 Å². The van der Waals surface area contributed by atoms with Crippen LogP contribution in [0.3, 0.4) is 0 Å². The van der Waals surface area contributed by atoms with Crippen LogP contribution in [-0.2, 0) is 12.7 Å². The summed E-state index contributed by atoms with van der Waals surface area (Å²) in [6.07, 6.45) is -1.43. The van der Waals surface area contributed by atoms with Gasteiger partial charge >= 0.3 is 12.2 Å². The average Bonchev–Trinajstić information content (AvgIpc) is 3.41. The van der Waals surface area contributed by atoms with E-state index in [0.29, 0.717) is 29.9 Å². The third-order valence-corrected chi connectivity index (χ3v) is 7.35. The number of piperazine rings is 1. The Hall–Kier alpha value is -4.47. The zero-order chi connectivity index (χ0) is 30.6. The van der Waals surface area contributed by atoms with Crippen LogP contribution < -0.4 is 10.6 Å². The summed E-state index contributed by atoms with van der Waals surface area (Å²) < 4.78 is 41.9. The van der Waals surface area contributed by atoms with Crippen LogP contribution in [0.5, 0.6) is 0 Å². The quantitative estimate of drug-likeness (QED) is 0.250. The number of amides is 2. The Labute approximate surface area is 247 Å². The molecule has 4 heterocycles. The summed E-state index contributed by atoms with van der Waals surface area (Å²) in [4.78, 5) is 25.5. The van der Waals surface area contributed by atoms with Crippen LogP contribution in [0, 0.1) is 11.8 Å². The molecule has 3 aromatic heterocycles. The summed E-state index contributed by atoms with van der Waals surface area (Å²) >= 11 is 0. The van der Waals surface area contributed by atoms with Gasteiger partial charge in [-0.05, 0) is 48.4 Å². The Kier molecular flexibility index (Phi) is 8.94. The first kappa shape index (κ1) is 30.0. The number of pyridine rings is 2. The van der Waals surface area contributed by atoms with Crippen LogP contribution in [0.15, 0.2) is 48.8 Å². The summed E-state index contributed by atoms with van der Waals surface area (Å²) in [5.74, 6) is 6.55. The maximum absolute atomic E-state index is 14.0. The smallest absolute Gasteiger partial charge is 0.308 e. The second kappa shape index (κ2) is 12.8. The molecule has 12 heteroatoms. The Morgan fingerprint density at radius 3 is 2.47 bits per heavy atom. The number of halogens is 3. The SMILES string of the molecule is CCN1CCN(Cc2ccc(NC(=O)Nc3cc(C#Cc4cnc5n[nH]c(C(C)C)c5c4)ccn3)cc2C(F)(F)F)CC1. The Morgan fingerprint density at radius 2 is 1.74 bits per heavy atom. The summed E-state index contributed by atoms with van der Waals surface area (Å²) in [5, 5.41) is 13.2. The van der Waals surface area contributed by atoms with Gasteiger partial charge in [-0.2, -0.15) is 18.3 Å². The van der Waals surface area contributed by atoms with E-state index in [9.17, 15) is 18.0 Å². The fourth-order valence-corrected chi connectivity index (χ4v) is 4.99. The molecule has 1 aliphatic rings. The van der Waals surface area contributed by atoms with Crippen molar-refractivity contribution in [2.45, 2.75) is 39.4 Å². The lowest BCUT2D eigenvalue weighted by molar-refractivity contribution is -0.138. The molecule has 2 amide bonds. The Balaban J connectivity index is 1.25. The topological polar surface area (TPSA) is 102 Å². The van der Waals surface area contributed by atoms with Crippen molar-refractivity contribution in [3.63, 3.8) is 0 Å². The van der Waals surface area contributed by atoms with Gasteiger partial charge in [-0.3, -0.25) is 15.3 Å². The van der Waals surface area contributed by atoms with E-state index in [1.165, 1.54) is 18.3 Å². The van der Waals surface area contributed by atoms with E-state index in [4.69, 9.17) is 0 Å². The molecule has 3 N–H and O–H groups in total. The lowest BCUT2D eigenvalue weighted by Gasteiger charge is -2.34. The minimum atomic E-state index is -4.56. The first-order chi connectivity index (χ1) is 20.6. The molecule has 43 heavy (non-hydrogen) atoms. The second-order valence-electron chi connectivity index (χ2n) is 10.7. The molecule has 1 aliphatic heterocycles. The highest BCUT2D eigenvalue weighted by atomic mass is 19.4. The van der Waals surface area contributed by atoms with E-state index in [0.717, 1.165) is 36.8 Å². The zero-order valence-electron chi connectivity index (χ0n) is 24.2. The van der Waals surface area contributed by atoms with E-state index in [1.54, 1.807) is 18.3 Å². The van der Waals surface area contributed by atoms with Gasteiger partial charge in [-0.25, -0.2) is 14.8 Å². The maximum atomic E-state index is 14.0. The van der Waals surface area contributed by atoms with Crippen LogP contribution in [0.1, 0.15) is 54.6 Å². The van der Waals surface area contributed by atoms with Crippen LogP contribution >= 0.6 is 0 Å². The van der Waals surface area contributed by atoms with Crippen molar-refractivity contribution in [3.8, 4) is 11.8 Å². The van der Waals surface area contributed by atoms with Crippen molar-refractivity contribution in [2.75, 3.05) is 43.4 Å². The lowest BCUT2D eigenvalue weighted by atomic mass is 10.0. The van der Waals surface area contributed by atoms with Crippen LogP contribution in [-0.4, -0.2) is 68.7 Å². The molecular formula is C31H33F3N8O. The van der Waals surface area contributed by atoms with Crippen molar-refractivity contribution < 1.29 is 18.0 Å². The minimum Gasteiger partial charge on any atom is -0.308 e. The number of fused-ring (bicyclic) bond motifs is 1. The third-order valence-electron chi connectivity index (χ3n) is 7.35. The molecule has 0 saturated carbocycles. The molecule has 4 aromatic rings. The van der Waals surface area contributed by atoms with Gasteiger partial charge in [0.15, 0.2) is 5.65 Å². The number of nitrogens with zero attached hydrogens (tertiary/aromatic N) is 5. The van der Waals surface area contributed by atoms with Gasteiger partial charge in [-0.15, -0.1) is 0 Å². The standard InChI is InChI=1S/C31H33F3N8O/c1-4-41-11-13-42(14-12-41)19-23-7-8-24(17-26(23)31(32,33)34)37-30(43)38-27-16-21(9-10-35-27)5-6-22-15-25-28(20(2)3)39-40-29(25)36-18-22/h7-10,15-18,20H,4,11-14,19H2,1-3H3,(H,36,39,40)(H2,35,37,38,43). The minimum absolute atomic E-state index is 0.0308. The molecule has 9 nitrogen and oxygen atoms in total. The number of hydrogen-bond donors (Lipinski definition) is 3. The summed E-state index contributed by atoms with van der Waals surface area (Å²) in [6, 6.07) is 8.37. The van der Waals surface area contributed by atoms with E-state index >= 15 is 0 Å². The average molecular weight is 591 g/mol. The summed E-state index contributed by atoms with van der Waals surface area (Å²) in [5.41, 5.74) is 2.34. The number of H-pyrrole nitrogens is 1. The highest BCUT2D eigenvalue weighted by Crippen LogP contribution is 2.34. The molecule has 0 unspecified atom stereocenters. The first-order valence-electron chi connectivity index (χ1n) is 14.1. The molecule has 224 valence electrons. The zero-order valence-corrected chi connectivity index (χ0v) is 24.2. The van der Waals surface area contributed by atoms with Gasteiger partial charge in [0.25, 0.3) is 0 Å². The van der Waals surface area contributed by atoms with Crippen molar-refractivity contribution in [1.29, 1.82) is 0 Å². The fraction of sp³-hybridized carbons (Fsp3) is 0.355. The van der Waals surface area contributed by atoms with Crippen LogP contribution in [0.4, 0.5) is 29.5 Å². The highest BCUT2D eigenvalue weighted by molar-refractivity contribution is 5.99. The second-order valence-corrected chi connectivity index (χ2v) is 10.7. The van der Waals surface area contributed by atoms with Crippen molar-refractivity contribution >= 4 is 28.6 Å². The number of benzene rings is 1. The molecule has 1 aromatic carbocycles. The fourth-order valence-electron chi connectivity index (χ4n) is 4.99. The van der Waals surface area contributed by atoms with Gasteiger partial charge in [0, 0.05) is 73.0 Å². The van der Waals surface area contributed by atoms with Crippen LogP contribution in [0.2, 0.25) is 0 Å². The number of carbonyl (C=O) groups is 1. The molecule has 0 atom stereocenters. The normalized spacial score (nSPS) is 14.5. The van der Waals surface area contributed by atoms with Gasteiger partial charge in [0.2, 0.25) is 0 Å². The predicted octanol–water partition coefficient (Wildman–Crippen LogP) is 5.68. The number of nitrogens with one attached hydrogen (secondary N) is 3. The number of aromatic nitrogens is 4. The van der Waals surface area contributed by atoms with Crippen LogP contribution in [0.25, 0.3) is 11.0 Å². The largest absolute Gasteiger partial charge is 0.416 e. The molecule has 1 saturated heterocycles. The highest BCUT2D eigenvalue weighted by Gasteiger charge is 2.34. The Morgan fingerprint density at radius 1 is 1.00 bits per heavy atom.